The molecule has 1 saturated heterocycles. The molecule has 1 aromatic rings. The Kier molecular flexibility index (Phi) is 12.6. The molecule has 3 amide bonds. The number of carboxylic acids is 1. The Morgan fingerprint density at radius 1 is 1.14 bits per heavy atom. The maximum absolute atomic E-state index is 13.2. The van der Waals surface area contributed by atoms with Crippen LogP contribution in [0.15, 0.2) is 12.5 Å². The molecule has 1 fully saturated rings. The molecule has 1 aliphatic rings. The zero-order valence-corrected chi connectivity index (χ0v) is 20.9. The number of hydrogen-bond donors (Lipinski definition) is 7. The summed E-state index contributed by atoms with van der Waals surface area (Å²) < 4.78 is 0. The molecule has 0 aliphatic carbocycles. The van der Waals surface area contributed by atoms with Crippen LogP contribution in [0.2, 0.25) is 0 Å². The number of nitrogens with one attached hydrogen (secondary N) is 5. The molecule has 1 aliphatic heterocycles. The Morgan fingerprint density at radius 2 is 1.89 bits per heavy atom. The van der Waals surface area contributed by atoms with Gasteiger partial charge in [0, 0.05) is 18.3 Å². The fourth-order valence-electron chi connectivity index (χ4n) is 3.81. The van der Waals surface area contributed by atoms with Crippen molar-refractivity contribution in [3.8, 4) is 0 Å². The molecule has 2 heterocycles. The summed E-state index contributed by atoms with van der Waals surface area (Å²) in [5, 5.41) is 20.7. The van der Waals surface area contributed by atoms with E-state index >= 15 is 0 Å². The lowest BCUT2D eigenvalue weighted by molar-refractivity contribution is -0.142. The second kappa shape index (κ2) is 15.4. The zero-order valence-electron chi connectivity index (χ0n) is 20.0. The van der Waals surface area contributed by atoms with Crippen LogP contribution < -0.4 is 27.0 Å². The van der Waals surface area contributed by atoms with E-state index in [1.54, 1.807) is 11.8 Å². The van der Waals surface area contributed by atoms with Crippen LogP contribution in [0.1, 0.15) is 44.2 Å². The lowest BCUT2D eigenvalue weighted by Gasteiger charge is -2.25. The second-order valence-electron chi connectivity index (χ2n) is 8.52. The van der Waals surface area contributed by atoms with E-state index in [4.69, 9.17) is 5.73 Å². The van der Waals surface area contributed by atoms with Gasteiger partial charge in [-0.1, -0.05) is 0 Å². The summed E-state index contributed by atoms with van der Waals surface area (Å²) in [6.07, 6.45) is 8.36. The number of nitrogens with zero attached hydrogens (tertiary/aromatic N) is 1. The number of aliphatic carboxylic acids is 1. The topological polar surface area (TPSA) is 191 Å². The number of amides is 3. The summed E-state index contributed by atoms with van der Waals surface area (Å²) in [7, 11) is 0. The lowest BCUT2D eigenvalue weighted by atomic mass is 10.1. The van der Waals surface area contributed by atoms with E-state index in [2.05, 4.69) is 31.2 Å². The van der Waals surface area contributed by atoms with Crippen LogP contribution >= 0.6 is 11.8 Å². The number of aromatic amines is 1. The first kappa shape index (κ1) is 28.6. The molecule has 0 spiro atoms. The molecule has 12 nitrogen and oxygen atoms in total. The average Bonchev–Trinajstić information content (AvgIpc) is 3.55. The van der Waals surface area contributed by atoms with Gasteiger partial charge in [0.25, 0.3) is 0 Å². The number of hydrogen-bond acceptors (Lipinski definition) is 8. The van der Waals surface area contributed by atoms with Gasteiger partial charge in [0.15, 0.2) is 0 Å². The highest BCUT2D eigenvalue weighted by atomic mass is 32.2. The predicted molar refractivity (Wildman–Crippen MR) is 133 cm³/mol. The first-order valence-corrected chi connectivity index (χ1v) is 13.3. The quantitative estimate of drug-likeness (QED) is 0.138. The SMILES string of the molecule is CSCCC(NC(=O)C1CCCN1)C(=O)NC(Cc1cnc[nH]1)C(=O)NC(CCCCN)C(=O)O. The van der Waals surface area contributed by atoms with Crippen molar-refractivity contribution in [3.05, 3.63) is 18.2 Å². The summed E-state index contributed by atoms with van der Waals surface area (Å²) in [6.45, 7) is 1.18. The van der Waals surface area contributed by atoms with Gasteiger partial charge in [-0.25, -0.2) is 9.78 Å². The third kappa shape index (κ3) is 9.86. The van der Waals surface area contributed by atoms with Crippen LogP contribution in [0.3, 0.4) is 0 Å². The van der Waals surface area contributed by atoms with Crippen LogP contribution in [-0.4, -0.2) is 88.0 Å². The van der Waals surface area contributed by atoms with Crippen LogP contribution in [-0.2, 0) is 25.6 Å². The second-order valence-corrected chi connectivity index (χ2v) is 9.50. The minimum absolute atomic E-state index is 0.0834. The molecule has 4 unspecified atom stereocenters. The van der Waals surface area contributed by atoms with Crippen molar-refractivity contribution < 1.29 is 24.3 Å². The number of carbonyl (C=O) groups is 4. The molecule has 0 saturated carbocycles. The van der Waals surface area contributed by atoms with Crippen LogP contribution in [0.5, 0.6) is 0 Å². The first-order valence-electron chi connectivity index (χ1n) is 11.9. The highest BCUT2D eigenvalue weighted by molar-refractivity contribution is 7.98. The summed E-state index contributed by atoms with van der Waals surface area (Å²) in [4.78, 5) is 57.4. The normalized spacial score (nSPS) is 17.8. The van der Waals surface area contributed by atoms with Crippen molar-refractivity contribution in [1.29, 1.82) is 0 Å². The van der Waals surface area contributed by atoms with Crippen LogP contribution in [0.25, 0.3) is 0 Å². The van der Waals surface area contributed by atoms with Crippen molar-refractivity contribution in [2.45, 2.75) is 69.1 Å². The highest BCUT2D eigenvalue weighted by Gasteiger charge is 2.31. The lowest BCUT2D eigenvalue weighted by Crippen LogP contribution is -2.57. The first-order chi connectivity index (χ1) is 16.8. The van der Waals surface area contributed by atoms with Crippen LogP contribution in [0.4, 0.5) is 0 Å². The van der Waals surface area contributed by atoms with Gasteiger partial charge in [-0.3, -0.25) is 14.4 Å². The van der Waals surface area contributed by atoms with Gasteiger partial charge in [0.2, 0.25) is 17.7 Å². The summed E-state index contributed by atoms with van der Waals surface area (Å²) in [6, 6.07) is -3.32. The number of rotatable bonds is 16. The number of imidazole rings is 1. The van der Waals surface area contributed by atoms with Crippen molar-refractivity contribution in [1.82, 2.24) is 31.2 Å². The maximum Gasteiger partial charge on any atom is 0.326 e. The van der Waals surface area contributed by atoms with Gasteiger partial charge in [-0.05, 0) is 63.6 Å². The molecule has 4 atom stereocenters. The number of unbranched alkanes of at least 4 members (excludes halogenated alkanes) is 1. The van der Waals surface area contributed by atoms with Gasteiger partial charge in [-0.15, -0.1) is 0 Å². The minimum Gasteiger partial charge on any atom is -0.480 e. The van der Waals surface area contributed by atoms with Crippen molar-refractivity contribution >= 4 is 35.5 Å². The maximum atomic E-state index is 13.2. The number of thioether (sulfide) groups is 1. The number of carboxylic acid groups (broad SMARTS) is 1. The van der Waals surface area contributed by atoms with Crippen molar-refractivity contribution in [2.24, 2.45) is 5.73 Å². The minimum atomic E-state index is -1.16. The molecule has 0 aromatic carbocycles. The van der Waals surface area contributed by atoms with E-state index in [0.29, 0.717) is 43.7 Å². The Hall–Kier alpha value is -2.64. The largest absolute Gasteiger partial charge is 0.480 e. The van der Waals surface area contributed by atoms with E-state index in [1.165, 1.54) is 12.5 Å². The van der Waals surface area contributed by atoms with E-state index in [9.17, 15) is 24.3 Å². The Balaban J connectivity index is 2.11. The van der Waals surface area contributed by atoms with E-state index in [1.807, 2.05) is 6.26 Å². The molecular formula is C22H37N7O5S. The summed E-state index contributed by atoms with van der Waals surface area (Å²) in [5.41, 5.74) is 6.08. The summed E-state index contributed by atoms with van der Waals surface area (Å²) in [5.74, 6) is -1.89. The Morgan fingerprint density at radius 3 is 2.49 bits per heavy atom. The van der Waals surface area contributed by atoms with Crippen molar-refractivity contribution in [2.75, 3.05) is 25.1 Å². The molecule has 196 valence electrons. The van der Waals surface area contributed by atoms with Gasteiger partial charge >= 0.3 is 5.97 Å². The molecule has 0 bridgehead atoms. The van der Waals surface area contributed by atoms with E-state index in [-0.39, 0.29) is 24.8 Å². The standard InChI is InChI=1S/C22H37N7O5S/c1-35-10-7-16(27-19(30)15-6-4-9-25-15)20(31)29-18(11-14-12-24-13-26-14)21(32)28-17(22(33)34)5-2-3-8-23/h12-13,15-18,25H,2-11,23H2,1H3,(H,24,26)(H,27,30)(H,28,32)(H,29,31)(H,33,34). The molecule has 13 heteroatoms. The van der Waals surface area contributed by atoms with Gasteiger partial charge in [0.1, 0.15) is 18.1 Å². The smallest absolute Gasteiger partial charge is 0.326 e. The Bertz CT molecular complexity index is 817. The molecule has 35 heavy (non-hydrogen) atoms. The van der Waals surface area contributed by atoms with E-state index < -0.39 is 35.9 Å². The fraction of sp³-hybridized carbons (Fsp3) is 0.682. The molecule has 2 rings (SSSR count). The molecule has 0 radical (unpaired) electrons. The third-order valence-electron chi connectivity index (χ3n) is 5.79. The molecular weight excluding hydrogens is 474 g/mol. The summed E-state index contributed by atoms with van der Waals surface area (Å²) >= 11 is 1.54. The van der Waals surface area contributed by atoms with Crippen LogP contribution in [0, 0.1) is 0 Å². The number of carbonyl (C=O) groups excluding carboxylic acids is 3. The monoisotopic (exact) mass is 511 g/mol. The fourth-order valence-corrected chi connectivity index (χ4v) is 4.28. The predicted octanol–water partition coefficient (Wildman–Crippen LogP) is -0.875. The average molecular weight is 512 g/mol. The third-order valence-corrected chi connectivity index (χ3v) is 6.44. The zero-order chi connectivity index (χ0) is 25.6. The Labute approximate surface area is 209 Å². The number of H-pyrrole nitrogens is 1. The molecule has 8 N–H and O–H groups in total. The van der Waals surface area contributed by atoms with Gasteiger partial charge in [0.05, 0.1) is 12.4 Å². The number of aromatic nitrogens is 2. The number of nitrogens with two attached hydrogens (primary N) is 1. The van der Waals surface area contributed by atoms with Gasteiger partial charge < -0.3 is 37.1 Å². The highest BCUT2D eigenvalue weighted by Crippen LogP contribution is 2.09. The van der Waals surface area contributed by atoms with Gasteiger partial charge in [-0.2, -0.15) is 11.8 Å². The van der Waals surface area contributed by atoms with Crippen molar-refractivity contribution in [3.63, 3.8) is 0 Å². The van der Waals surface area contributed by atoms with E-state index in [0.717, 1.165) is 13.0 Å². The molecule has 1 aromatic heterocycles.